The van der Waals surface area contributed by atoms with Gasteiger partial charge in [0.15, 0.2) is 6.10 Å². The topological polar surface area (TPSA) is 72.5 Å². The van der Waals surface area contributed by atoms with Gasteiger partial charge in [-0.05, 0) is 36.8 Å². The van der Waals surface area contributed by atoms with Crippen LogP contribution in [0.2, 0.25) is 5.02 Å². The minimum Gasteiger partial charge on any atom is -0.449 e. The smallest absolute Gasteiger partial charge is 0.307 e. The molecular formula is C25H22ClNO4. The normalized spacial score (nSPS) is 11.4. The Bertz CT molecular complexity index is 1060. The van der Waals surface area contributed by atoms with Crippen LogP contribution in [0.1, 0.15) is 40.4 Å². The first kappa shape index (κ1) is 22.2. The van der Waals surface area contributed by atoms with Crippen molar-refractivity contribution in [3.63, 3.8) is 0 Å². The summed E-state index contributed by atoms with van der Waals surface area (Å²) in [6.07, 6.45) is -1.32. The number of esters is 1. The Hall–Kier alpha value is -3.44. The first-order valence-electron chi connectivity index (χ1n) is 9.83. The van der Waals surface area contributed by atoms with Crippen molar-refractivity contribution in [3.05, 3.63) is 101 Å². The zero-order valence-electron chi connectivity index (χ0n) is 17.0. The fraction of sp³-hybridized carbons (Fsp3) is 0.160. The van der Waals surface area contributed by atoms with Crippen molar-refractivity contribution >= 4 is 34.9 Å². The van der Waals surface area contributed by atoms with Crippen LogP contribution in [0.4, 0.5) is 5.69 Å². The minimum absolute atomic E-state index is 0.0559. The molecule has 3 rings (SSSR count). The number of hydrogen-bond acceptors (Lipinski definition) is 4. The van der Waals surface area contributed by atoms with Crippen LogP contribution in [0, 0.1) is 6.92 Å². The SMILES string of the molecule is Cc1cccc(NC(=O)CCC(=O)O[C@H](C(=O)c2ccccc2)c2ccc(Cl)cc2)c1. The summed E-state index contributed by atoms with van der Waals surface area (Å²) in [7, 11) is 0. The molecule has 0 unspecified atom stereocenters. The molecule has 3 aromatic carbocycles. The van der Waals surface area contributed by atoms with Gasteiger partial charge in [0.2, 0.25) is 11.7 Å². The summed E-state index contributed by atoms with van der Waals surface area (Å²) < 4.78 is 5.50. The Labute approximate surface area is 186 Å². The summed E-state index contributed by atoms with van der Waals surface area (Å²) in [6.45, 7) is 1.92. The molecular weight excluding hydrogens is 414 g/mol. The van der Waals surface area contributed by atoms with E-state index in [0.717, 1.165) is 5.56 Å². The molecule has 0 saturated carbocycles. The van der Waals surface area contributed by atoms with Gasteiger partial charge in [0.05, 0.1) is 6.42 Å². The summed E-state index contributed by atoms with van der Waals surface area (Å²) in [5, 5.41) is 3.26. The molecule has 0 heterocycles. The van der Waals surface area contributed by atoms with Crippen molar-refractivity contribution in [3.8, 4) is 0 Å². The molecule has 0 saturated heterocycles. The molecule has 1 N–H and O–H groups in total. The van der Waals surface area contributed by atoms with E-state index < -0.39 is 12.1 Å². The van der Waals surface area contributed by atoms with Crippen LogP contribution in [0.15, 0.2) is 78.9 Å². The number of rotatable bonds is 8. The predicted molar refractivity (Wildman–Crippen MR) is 120 cm³/mol. The first-order valence-corrected chi connectivity index (χ1v) is 10.2. The number of aryl methyl sites for hydroxylation is 1. The highest BCUT2D eigenvalue weighted by molar-refractivity contribution is 6.30. The molecule has 6 heteroatoms. The Morgan fingerprint density at radius 1 is 0.903 bits per heavy atom. The van der Waals surface area contributed by atoms with Gasteiger partial charge in [0.25, 0.3) is 0 Å². The van der Waals surface area contributed by atoms with Crippen LogP contribution >= 0.6 is 11.6 Å². The Morgan fingerprint density at radius 3 is 2.29 bits per heavy atom. The van der Waals surface area contributed by atoms with Crippen LogP contribution in [-0.4, -0.2) is 17.7 Å². The van der Waals surface area contributed by atoms with Crippen LogP contribution in [0.5, 0.6) is 0 Å². The van der Waals surface area contributed by atoms with Crippen LogP contribution in [-0.2, 0) is 14.3 Å². The predicted octanol–water partition coefficient (Wildman–Crippen LogP) is 5.53. The molecule has 5 nitrogen and oxygen atoms in total. The molecule has 0 aliphatic carbocycles. The number of carbonyl (C=O) groups excluding carboxylic acids is 3. The van der Waals surface area contributed by atoms with Gasteiger partial charge in [-0.25, -0.2) is 0 Å². The first-order chi connectivity index (χ1) is 14.9. The second kappa shape index (κ2) is 10.5. The van der Waals surface area contributed by atoms with E-state index in [2.05, 4.69) is 5.32 Å². The largest absolute Gasteiger partial charge is 0.449 e. The van der Waals surface area contributed by atoms with E-state index in [1.165, 1.54) is 0 Å². The van der Waals surface area contributed by atoms with Gasteiger partial charge in [0, 0.05) is 28.3 Å². The monoisotopic (exact) mass is 435 g/mol. The lowest BCUT2D eigenvalue weighted by atomic mass is 10.00. The van der Waals surface area contributed by atoms with Gasteiger partial charge in [-0.3, -0.25) is 14.4 Å². The number of ketones is 1. The van der Waals surface area contributed by atoms with Crippen molar-refractivity contribution in [1.29, 1.82) is 0 Å². The number of carbonyl (C=O) groups is 3. The van der Waals surface area contributed by atoms with Gasteiger partial charge in [-0.1, -0.05) is 66.2 Å². The van der Waals surface area contributed by atoms with Crippen LogP contribution < -0.4 is 5.32 Å². The second-order valence-electron chi connectivity index (χ2n) is 7.07. The highest BCUT2D eigenvalue weighted by atomic mass is 35.5. The van der Waals surface area contributed by atoms with E-state index in [1.807, 2.05) is 25.1 Å². The lowest BCUT2D eigenvalue weighted by molar-refractivity contribution is -0.148. The van der Waals surface area contributed by atoms with Crippen molar-refractivity contribution in [2.24, 2.45) is 0 Å². The van der Waals surface area contributed by atoms with E-state index >= 15 is 0 Å². The summed E-state index contributed by atoms with van der Waals surface area (Å²) in [5.74, 6) is -1.29. The summed E-state index contributed by atoms with van der Waals surface area (Å²) in [5.41, 5.74) is 2.61. The van der Waals surface area contributed by atoms with Gasteiger partial charge in [-0.2, -0.15) is 0 Å². The molecule has 0 aliphatic heterocycles. The van der Waals surface area contributed by atoms with Crippen molar-refractivity contribution in [2.75, 3.05) is 5.32 Å². The third kappa shape index (κ3) is 6.52. The van der Waals surface area contributed by atoms with E-state index in [0.29, 0.717) is 21.8 Å². The number of hydrogen-bond donors (Lipinski definition) is 1. The number of nitrogens with one attached hydrogen (secondary N) is 1. The zero-order chi connectivity index (χ0) is 22.2. The van der Waals surface area contributed by atoms with Crippen molar-refractivity contribution in [2.45, 2.75) is 25.9 Å². The summed E-state index contributed by atoms with van der Waals surface area (Å²) >= 11 is 5.94. The van der Waals surface area contributed by atoms with E-state index in [9.17, 15) is 14.4 Å². The maximum atomic E-state index is 13.0. The highest BCUT2D eigenvalue weighted by Crippen LogP contribution is 2.25. The van der Waals surface area contributed by atoms with Gasteiger partial charge in [0.1, 0.15) is 0 Å². The second-order valence-corrected chi connectivity index (χ2v) is 7.51. The van der Waals surface area contributed by atoms with Crippen molar-refractivity contribution < 1.29 is 19.1 Å². The van der Waals surface area contributed by atoms with Crippen molar-refractivity contribution in [1.82, 2.24) is 0 Å². The Balaban J connectivity index is 1.66. The molecule has 0 aliphatic rings. The number of benzene rings is 3. The molecule has 158 valence electrons. The molecule has 31 heavy (non-hydrogen) atoms. The van der Waals surface area contributed by atoms with Gasteiger partial charge >= 0.3 is 5.97 Å². The molecule has 0 fully saturated rings. The van der Waals surface area contributed by atoms with E-state index in [-0.39, 0.29) is 24.5 Å². The Morgan fingerprint density at radius 2 is 1.61 bits per heavy atom. The van der Waals surface area contributed by atoms with Crippen LogP contribution in [0.3, 0.4) is 0 Å². The Kier molecular flexibility index (Phi) is 7.57. The number of halogens is 1. The summed E-state index contributed by atoms with van der Waals surface area (Å²) in [4.78, 5) is 37.6. The third-order valence-electron chi connectivity index (χ3n) is 4.58. The molecule has 3 aromatic rings. The number of Topliss-reactive ketones (excluding diaryl/α,β-unsaturated/α-hetero) is 1. The standard InChI is InChI=1S/C25H22ClNO4/c1-17-6-5-9-21(16-17)27-22(28)14-15-23(29)31-25(19-10-12-20(26)13-11-19)24(30)18-7-3-2-4-8-18/h2-13,16,25H,14-15H2,1H3,(H,27,28)/t25-/m0/s1. The quantitative estimate of drug-likeness (QED) is 0.372. The van der Waals surface area contributed by atoms with E-state index in [1.54, 1.807) is 60.7 Å². The molecule has 0 spiro atoms. The fourth-order valence-corrected chi connectivity index (χ4v) is 3.14. The average molecular weight is 436 g/mol. The van der Waals surface area contributed by atoms with Crippen LogP contribution in [0.25, 0.3) is 0 Å². The van der Waals surface area contributed by atoms with Gasteiger partial charge < -0.3 is 10.1 Å². The number of ether oxygens (including phenoxy) is 1. The maximum absolute atomic E-state index is 13.0. The molecule has 0 bridgehead atoms. The molecule has 0 aromatic heterocycles. The van der Waals surface area contributed by atoms with E-state index in [4.69, 9.17) is 16.3 Å². The maximum Gasteiger partial charge on any atom is 0.307 e. The molecule has 1 amide bonds. The molecule has 0 radical (unpaired) electrons. The lowest BCUT2D eigenvalue weighted by Gasteiger charge is -2.17. The fourth-order valence-electron chi connectivity index (χ4n) is 3.02. The van der Waals surface area contributed by atoms with Gasteiger partial charge in [-0.15, -0.1) is 0 Å². The highest BCUT2D eigenvalue weighted by Gasteiger charge is 2.26. The minimum atomic E-state index is -1.12. The summed E-state index contributed by atoms with van der Waals surface area (Å²) in [6, 6.07) is 22.5. The zero-order valence-corrected chi connectivity index (χ0v) is 17.8. The number of anilines is 1. The third-order valence-corrected chi connectivity index (χ3v) is 4.83. The average Bonchev–Trinajstić information content (AvgIpc) is 2.77. The lowest BCUT2D eigenvalue weighted by Crippen LogP contribution is -2.21. The number of amides is 1. The molecule has 1 atom stereocenters.